The van der Waals surface area contributed by atoms with Crippen molar-refractivity contribution in [2.24, 2.45) is 0 Å². The minimum atomic E-state index is 0.00572. The third-order valence-corrected chi connectivity index (χ3v) is 4.98. The first kappa shape index (κ1) is 35.9. The lowest BCUT2D eigenvalue weighted by molar-refractivity contribution is -0.122. The minimum Gasteiger partial charge on any atom is -0.379 e. The number of ketones is 1. The molecule has 0 saturated carbocycles. The molecule has 0 heterocycles. The molecule has 0 spiro atoms. The van der Waals surface area contributed by atoms with Crippen LogP contribution in [0.1, 0.15) is 65.7 Å². The van der Waals surface area contributed by atoms with Gasteiger partial charge in [-0.15, -0.1) is 0 Å². The first-order valence-corrected chi connectivity index (χ1v) is 13.9. The Balaban J connectivity index is 3.15. The molecular formula is C27H53NO9. The van der Waals surface area contributed by atoms with Gasteiger partial charge in [0.2, 0.25) is 5.91 Å². The molecule has 1 N–H and O–H groups in total. The smallest absolute Gasteiger partial charge is 0.220 e. The maximum Gasteiger partial charge on any atom is 0.220 e. The highest BCUT2D eigenvalue weighted by Crippen LogP contribution is 2.07. The zero-order valence-corrected chi connectivity index (χ0v) is 23.6. The molecule has 37 heavy (non-hydrogen) atoms. The predicted octanol–water partition coefficient (Wildman–Crippen LogP) is 2.95. The molecule has 0 bridgehead atoms. The standard InChI is InChI=1S/C27H53NO9/c1-25(2)37-12-9-7-5-4-6-8-10-27(30)28-11-13-31-14-15-32-16-17-33-18-19-34-20-21-35-22-23-36-24-26(3)29/h25H,4-24H2,1-3H3,(H,28,30). The van der Waals surface area contributed by atoms with Gasteiger partial charge in [0.05, 0.1) is 78.8 Å². The van der Waals surface area contributed by atoms with Crippen LogP contribution in [0, 0.1) is 0 Å². The maximum absolute atomic E-state index is 11.8. The number of rotatable bonds is 30. The van der Waals surface area contributed by atoms with Crippen LogP contribution in [0.25, 0.3) is 0 Å². The van der Waals surface area contributed by atoms with Crippen LogP contribution in [-0.2, 0) is 42.7 Å². The number of hydrogen-bond donors (Lipinski definition) is 1. The van der Waals surface area contributed by atoms with Crippen molar-refractivity contribution >= 4 is 11.7 Å². The van der Waals surface area contributed by atoms with E-state index in [0.29, 0.717) is 91.7 Å². The fourth-order valence-corrected chi connectivity index (χ4v) is 3.08. The van der Waals surface area contributed by atoms with Crippen LogP contribution in [0.3, 0.4) is 0 Å². The van der Waals surface area contributed by atoms with E-state index in [9.17, 15) is 9.59 Å². The Morgan fingerprint density at radius 1 is 0.568 bits per heavy atom. The molecule has 1 amide bonds. The van der Waals surface area contributed by atoms with Crippen LogP contribution in [0.5, 0.6) is 0 Å². The summed E-state index contributed by atoms with van der Waals surface area (Å²) in [6.45, 7) is 12.4. The summed E-state index contributed by atoms with van der Waals surface area (Å²) in [6, 6.07) is 0. The van der Waals surface area contributed by atoms with Crippen molar-refractivity contribution in [3.8, 4) is 0 Å². The third kappa shape index (κ3) is 32.8. The van der Waals surface area contributed by atoms with Gasteiger partial charge >= 0.3 is 0 Å². The molecule has 0 aromatic heterocycles. The highest BCUT2D eigenvalue weighted by Gasteiger charge is 2.01. The van der Waals surface area contributed by atoms with Gasteiger partial charge in [-0.2, -0.15) is 0 Å². The van der Waals surface area contributed by atoms with E-state index in [0.717, 1.165) is 25.9 Å². The maximum atomic E-state index is 11.8. The Morgan fingerprint density at radius 3 is 1.49 bits per heavy atom. The fourth-order valence-electron chi connectivity index (χ4n) is 3.08. The predicted molar refractivity (Wildman–Crippen MR) is 142 cm³/mol. The zero-order valence-electron chi connectivity index (χ0n) is 23.6. The molecule has 220 valence electrons. The lowest BCUT2D eigenvalue weighted by Gasteiger charge is -2.09. The SMILES string of the molecule is CC(=O)COCCOCCOCCOCCOCCOCCNC(=O)CCCCCCCCOC(C)C. The number of carbonyl (C=O) groups excluding carboxylic acids is 2. The van der Waals surface area contributed by atoms with E-state index in [-0.39, 0.29) is 18.3 Å². The topological polar surface area (TPSA) is 111 Å². The van der Waals surface area contributed by atoms with Crippen LogP contribution in [0.2, 0.25) is 0 Å². The number of carbonyl (C=O) groups is 2. The highest BCUT2D eigenvalue weighted by atomic mass is 16.6. The molecule has 10 nitrogen and oxygen atoms in total. The minimum absolute atomic E-state index is 0.00572. The molecule has 0 aliphatic heterocycles. The van der Waals surface area contributed by atoms with Crippen LogP contribution in [0.4, 0.5) is 0 Å². The Hall–Kier alpha value is -1.14. The van der Waals surface area contributed by atoms with Crippen molar-refractivity contribution in [2.75, 3.05) is 92.4 Å². The summed E-state index contributed by atoms with van der Waals surface area (Å²) in [5, 5.41) is 2.89. The van der Waals surface area contributed by atoms with Gasteiger partial charge in [-0.05, 0) is 33.6 Å². The molecule has 0 aliphatic carbocycles. The van der Waals surface area contributed by atoms with Gasteiger partial charge in [0.15, 0.2) is 5.78 Å². The van der Waals surface area contributed by atoms with Crippen molar-refractivity contribution in [1.82, 2.24) is 5.32 Å². The molecule has 0 radical (unpaired) electrons. The van der Waals surface area contributed by atoms with E-state index >= 15 is 0 Å². The molecule has 0 aliphatic rings. The number of Topliss-reactive ketones (excluding diaryl/α,β-unsaturated/α-hetero) is 1. The second-order valence-corrected chi connectivity index (χ2v) is 8.96. The van der Waals surface area contributed by atoms with E-state index in [1.165, 1.54) is 26.2 Å². The number of nitrogens with one attached hydrogen (secondary N) is 1. The first-order valence-electron chi connectivity index (χ1n) is 13.9. The van der Waals surface area contributed by atoms with E-state index in [1.54, 1.807) is 0 Å². The summed E-state index contributed by atoms with van der Waals surface area (Å²) in [7, 11) is 0. The van der Waals surface area contributed by atoms with Gasteiger partial charge in [0, 0.05) is 19.6 Å². The summed E-state index contributed by atoms with van der Waals surface area (Å²) in [4.78, 5) is 22.5. The highest BCUT2D eigenvalue weighted by molar-refractivity contribution is 5.76. The van der Waals surface area contributed by atoms with Crippen LogP contribution >= 0.6 is 0 Å². The molecule has 10 heteroatoms. The molecule has 0 fully saturated rings. The summed E-state index contributed by atoms with van der Waals surface area (Å²) in [5.74, 6) is 0.0979. The normalized spacial score (nSPS) is 11.4. The van der Waals surface area contributed by atoms with Crippen LogP contribution in [0.15, 0.2) is 0 Å². The summed E-state index contributed by atoms with van der Waals surface area (Å²) >= 11 is 0. The van der Waals surface area contributed by atoms with E-state index in [2.05, 4.69) is 19.2 Å². The lowest BCUT2D eigenvalue weighted by Crippen LogP contribution is -2.27. The van der Waals surface area contributed by atoms with E-state index in [1.807, 2.05) is 0 Å². The van der Waals surface area contributed by atoms with Crippen molar-refractivity contribution in [2.45, 2.75) is 71.8 Å². The van der Waals surface area contributed by atoms with Gasteiger partial charge in [-0.25, -0.2) is 0 Å². The van der Waals surface area contributed by atoms with Gasteiger partial charge < -0.3 is 38.5 Å². The molecule has 0 aromatic rings. The van der Waals surface area contributed by atoms with Crippen LogP contribution in [-0.4, -0.2) is 110 Å². The van der Waals surface area contributed by atoms with Gasteiger partial charge in [-0.3, -0.25) is 9.59 Å². The number of ether oxygens (including phenoxy) is 7. The molecule has 0 atom stereocenters. The van der Waals surface area contributed by atoms with Gasteiger partial charge in [0.1, 0.15) is 6.61 Å². The molecule has 0 unspecified atom stereocenters. The second kappa shape index (κ2) is 29.4. The fraction of sp³-hybridized carbons (Fsp3) is 0.926. The Labute approximate surface area is 224 Å². The van der Waals surface area contributed by atoms with Crippen molar-refractivity contribution in [3.05, 3.63) is 0 Å². The summed E-state index contributed by atoms with van der Waals surface area (Å²) < 4.78 is 37.7. The Kier molecular flexibility index (Phi) is 28.5. The monoisotopic (exact) mass is 535 g/mol. The van der Waals surface area contributed by atoms with E-state index in [4.69, 9.17) is 33.2 Å². The van der Waals surface area contributed by atoms with Crippen molar-refractivity contribution in [1.29, 1.82) is 0 Å². The van der Waals surface area contributed by atoms with E-state index < -0.39 is 0 Å². The number of amides is 1. The third-order valence-electron chi connectivity index (χ3n) is 4.98. The molecule has 0 rings (SSSR count). The van der Waals surface area contributed by atoms with Crippen molar-refractivity contribution in [3.63, 3.8) is 0 Å². The molecule has 0 saturated heterocycles. The van der Waals surface area contributed by atoms with Gasteiger partial charge in [0.25, 0.3) is 0 Å². The Bertz CT molecular complexity index is 506. The Morgan fingerprint density at radius 2 is 1.00 bits per heavy atom. The second-order valence-electron chi connectivity index (χ2n) is 8.96. The summed E-state index contributed by atoms with van der Waals surface area (Å²) in [6.07, 6.45) is 7.62. The molecule has 0 aromatic carbocycles. The summed E-state index contributed by atoms with van der Waals surface area (Å²) in [5.41, 5.74) is 0. The van der Waals surface area contributed by atoms with Crippen molar-refractivity contribution < 1.29 is 42.7 Å². The van der Waals surface area contributed by atoms with Crippen LogP contribution < -0.4 is 5.32 Å². The first-order chi connectivity index (χ1) is 18.0. The average molecular weight is 536 g/mol. The quantitative estimate of drug-likeness (QED) is 0.139. The average Bonchev–Trinajstić information content (AvgIpc) is 2.86. The zero-order chi connectivity index (χ0) is 27.2. The molecular weight excluding hydrogens is 482 g/mol. The van der Waals surface area contributed by atoms with Gasteiger partial charge in [-0.1, -0.05) is 25.7 Å². The lowest BCUT2D eigenvalue weighted by atomic mass is 10.1. The number of hydrogen-bond acceptors (Lipinski definition) is 9. The largest absolute Gasteiger partial charge is 0.379 e. The number of unbranched alkanes of at least 4 members (excludes halogenated alkanes) is 5.